The zero-order valence-electron chi connectivity index (χ0n) is 19.9. The first-order valence-electron chi connectivity index (χ1n) is 10.9. The Bertz CT molecular complexity index is 1230. The van der Waals surface area contributed by atoms with Crippen LogP contribution < -0.4 is 4.31 Å². The van der Waals surface area contributed by atoms with E-state index in [0.717, 1.165) is 10.6 Å². The molecule has 0 spiro atoms. The summed E-state index contributed by atoms with van der Waals surface area (Å²) in [4.78, 5) is 20.2. The monoisotopic (exact) mass is 505 g/mol. The number of halogens is 1. The number of sulfonamides is 1. The lowest BCUT2D eigenvalue weighted by Gasteiger charge is -2.21. The molecule has 0 aliphatic carbocycles. The summed E-state index contributed by atoms with van der Waals surface area (Å²) in [6.07, 6.45) is 6.34. The van der Waals surface area contributed by atoms with Crippen molar-refractivity contribution in [1.82, 2.24) is 9.97 Å². The van der Waals surface area contributed by atoms with E-state index in [4.69, 9.17) is 14.6 Å². The van der Waals surface area contributed by atoms with Crippen LogP contribution in [0, 0.1) is 5.82 Å². The highest BCUT2D eigenvalue weighted by Crippen LogP contribution is 2.32. The van der Waals surface area contributed by atoms with Crippen molar-refractivity contribution in [2.75, 3.05) is 17.6 Å². The Morgan fingerprint density at radius 3 is 2.49 bits per heavy atom. The molecule has 2 unspecified atom stereocenters. The minimum absolute atomic E-state index is 0.00348. The topological polar surface area (TPSA) is 119 Å². The van der Waals surface area contributed by atoms with E-state index in [1.54, 1.807) is 24.3 Å². The lowest BCUT2D eigenvalue weighted by molar-refractivity contribution is -0.139. The summed E-state index contributed by atoms with van der Waals surface area (Å²) in [6, 6.07) is 5.72. The number of anilines is 1. The van der Waals surface area contributed by atoms with Crippen molar-refractivity contribution in [2.24, 2.45) is 0 Å². The van der Waals surface area contributed by atoms with E-state index in [0.29, 0.717) is 28.9 Å². The molecule has 3 rings (SSSR count). The Kier molecular flexibility index (Phi) is 8.11. The van der Waals surface area contributed by atoms with E-state index in [-0.39, 0.29) is 18.3 Å². The summed E-state index contributed by atoms with van der Waals surface area (Å²) >= 11 is 0. The van der Waals surface area contributed by atoms with Gasteiger partial charge in [0.1, 0.15) is 30.5 Å². The first-order valence-corrected chi connectivity index (χ1v) is 12.8. The van der Waals surface area contributed by atoms with Gasteiger partial charge in [0, 0.05) is 24.6 Å². The number of ether oxygens (including phenoxy) is 2. The van der Waals surface area contributed by atoms with Gasteiger partial charge >= 0.3 is 5.97 Å². The molecule has 0 radical (unpaired) electrons. The summed E-state index contributed by atoms with van der Waals surface area (Å²) in [7, 11) is -2.26. The number of nitrogens with zero attached hydrogens (tertiary/aromatic N) is 3. The molecule has 0 bridgehead atoms. The number of hydrogen-bond acceptors (Lipinski definition) is 7. The summed E-state index contributed by atoms with van der Waals surface area (Å²) < 4.78 is 50.0. The van der Waals surface area contributed by atoms with Crippen LogP contribution in [0.2, 0.25) is 0 Å². The Hall–Kier alpha value is -3.47. The van der Waals surface area contributed by atoms with Gasteiger partial charge in [0.05, 0.1) is 24.1 Å². The second-order valence-electron chi connectivity index (χ2n) is 8.46. The minimum atomic E-state index is -3.63. The van der Waals surface area contributed by atoms with Crippen LogP contribution in [0.15, 0.2) is 42.9 Å². The Balaban J connectivity index is 2.11. The smallest absolute Gasteiger partial charge is 0.307 e. The van der Waals surface area contributed by atoms with Crippen LogP contribution in [-0.2, 0) is 24.3 Å². The molecule has 2 aromatic rings. The molecule has 9 nitrogen and oxygen atoms in total. The molecule has 0 amide bonds. The van der Waals surface area contributed by atoms with Gasteiger partial charge in [-0.15, -0.1) is 0 Å². The van der Waals surface area contributed by atoms with Crippen molar-refractivity contribution < 1.29 is 32.2 Å². The molecular formula is C24H28FN3O6S. The van der Waals surface area contributed by atoms with Crippen LogP contribution in [0.4, 0.5) is 10.3 Å². The van der Waals surface area contributed by atoms with Crippen LogP contribution in [0.5, 0.6) is 0 Å². The van der Waals surface area contributed by atoms with Crippen LogP contribution in [0.3, 0.4) is 0 Å². The van der Waals surface area contributed by atoms with Gasteiger partial charge in [0.25, 0.3) is 0 Å². The SMILES string of the molecule is CC(C)c1nc(N(C)S(C)(=O)=O)nc(-c2ccc(F)cc2)c1C=CC1CC(CC(=O)O)OC=CO1. The molecule has 0 fully saturated rings. The Labute approximate surface area is 204 Å². The molecule has 1 aromatic carbocycles. The van der Waals surface area contributed by atoms with E-state index < -0.39 is 34.0 Å². The Morgan fingerprint density at radius 1 is 1.23 bits per heavy atom. The number of carboxylic acids is 1. The second-order valence-corrected chi connectivity index (χ2v) is 10.5. The van der Waals surface area contributed by atoms with Crippen molar-refractivity contribution in [3.8, 4) is 11.3 Å². The first-order chi connectivity index (χ1) is 16.5. The molecule has 0 saturated carbocycles. The quantitative estimate of drug-likeness (QED) is 0.573. The predicted molar refractivity (Wildman–Crippen MR) is 130 cm³/mol. The maximum absolute atomic E-state index is 13.6. The van der Waals surface area contributed by atoms with Gasteiger partial charge in [-0.25, -0.2) is 27.1 Å². The number of benzene rings is 1. The van der Waals surface area contributed by atoms with Crippen molar-refractivity contribution in [1.29, 1.82) is 0 Å². The van der Waals surface area contributed by atoms with Crippen molar-refractivity contribution in [2.45, 2.75) is 44.8 Å². The molecule has 2 heterocycles. The number of carboxylic acid groups (broad SMARTS) is 1. The standard InChI is InChI=1S/C24H28FN3O6S/c1-15(2)22-20(10-9-18-13-19(14-21(29)30)34-12-11-33-18)23(16-5-7-17(25)8-6-16)27-24(26-22)28(3)35(4,31)32/h5-12,15,18-19H,13-14H2,1-4H3,(H,29,30). The fourth-order valence-electron chi connectivity index (χ4n) is 3.50. The van der Waals surface area contributed by atoms with Crippen molar-refractivity contribution in [3.05, 3.63) is 59.9 Å². The third-order valence-corrected chi connectivity index (χ3v) is 6.52. The molecule has 1 N–H and O–H groups in total. The largest absolute Gasteiger partial charge is 0.494 e. The second kappa shape index (κ2) is 10.9. The van der Waals surface area contributed by atoms with Crippen LogP contribution in [0.1, 0.15) is 43.9 Å². The van der Waals surface area contributed by atoms with Crippen LogP contribution in [-0.4, -0.2) is 55.0 Å². The number of aromatic nitrogens is 2. The molecule has 1 aliphatic rings. The molecule has 188 valence electrons. The first kappa shape index (κ1) is 26.1. The van der Waals surface area contributed by atoms with Gasteiger partial charge in [-0.1, -0.05) is 19.9 Å². The molecule has 0 saturated heterocycles. The van der Waals surface area contributed by atoms with Gasteiger partial charge < -0.3 is 14.6 Å². The average molecular weight is 506 g/mol. The van der Waals surface area contributed by atoms with Crippen LogP contribution >= 0.6 is 0 Å². The van der Waals surface area contributed by atoms with Gasteiger partial charge in [0.2, 0.25) is 16.0 Å². The zero-order valence-corrected chi connectivity index (χ0v) is 20.7. The van der Waals surface area contributed by atoms with Crippen LogP contribution in [0.25, 0.3) is 17.3 Å². The summed E-state index contributed by atoms with van der Waals surface area (Å²) in [5, 5.41) is 9.11. The van der Waals surface area contributed by atoms with Gasteiger partial charge in [-0.05, 0) is 36.3 Å². The van der Waals surface area contributed by atoms with E-state index in [1.165, 1.54) is 31.7 Å². The fraction of sp³-hybridized carbons (Fsp3) is 0.375. The lowest BCUT2D eigenvalue weighted by atomic mass is 9.97. The van der Waals surface area contributed by atoms with E-state index in [1.807, 2.05) is 13.8 Å². The fourth-order valence-corrected chi connectivity index (χ4v) is 3.87. The summed E-state index contributed by atoms with van der Waals surface area (Å²) in [6.45, 7) is 3.83. The highest BCUT2D eigenvalue weighted by Gasteiger charge is 2.24. The average Bonchev–Trinajstić information content (AvgIpc) is 3.01. The molecule has 2 atom stereocenters. The normalized spacial score (nSPS) is 18.2. The van der Waals surface area contributed by atoms with E-state index in [9.17, 15) is 17.6 Å². The molecular weight excluding hydrogens is 477 g/mol. The molecule has 11 heteroatoms. The third kappa shape index (κ3) is 6.78. The van der Waals surface area contributed by atoms with E-state index >= 15 is 0 Å². The molecule has 1 aromatic heterocycles. The van der Waals surface area contributed by atoms with Crippen molar-refractivity contribution >= 4 is 28.0 Å². The zero-order chi connectivity index (χ0) is 25.8. The number of carbonyl (C=O) groups is 1. The predicted octanol–water partition coefficient (Wildman–Crippen LogP) is 3.94. The Morgan fingerprint density at radius 2 is 1.89 bits per heavy atom. The highest BCUT2D eigenvalue weighted by molar-refractivity contribution is 7.92. The lowest BCUT2D eigenvalue weighted by Crippen LogP contribution is -2.27. The number of hydrogen-bond donors (Lipinski definition) is 1. The highest BCUT2D eigenvalue weighted by atomic mass is 32.2. The maximum atomic E-state index is 13.6. The van der Waals surface area contributed by atoms with Gasteiger partial charge in [-0.2, -0.15) is 0 Å². The summed E-state index contributed by atoms with van der Waals surface area (Å²) in [5.41, 5.74) is 2.20. The van der Waals surface area contributed by atoms with E-state index in [2.05, 4.69) is 9.97 Å². The third-order valence-electron chi connectivity index (χ3n) is 5.36. The van der Waals surface area contributed by atoms with Gasteiger partial charge in [0.15, 0.2) is 0 Å². The van der Waals surface area contributed by atoms with Gasteiger partial charge in [-0.3, -0.25) is 4.79 Å². The van der Waals surface area contributed by atoms with Crippen molar-refractivity contribution in [3.63, 3.8) is 0 Å². The minimum Gasteiger partial charge on any atom is -0.494 e. The number of aliphatic carboxylic acids is 1. The number of rotatable bonds is 8. The maximum Gasteiger partial charge on any atom is 0.307 e. The molecule has 1 aliphatic heterocycles. The summed E-state index contributed by atoms with van der Waals surface area (Å²) in [5.74, 6) is -1.51. The molecule has 35 heavy (non-hydrogen) atoms.